The van der Waals surface area contributed by atoms with Crippen LogP contribution in [0.3, 0.4) is 0 Å². The van der Waals surface area contributed by atoms with Crippen molar-refractivity contribution in [2.24, 2.45) is 0 Å². The molecule has 0 unspecified atom stereocenters. The molecule has 3 rings (SSSR count). The lowest BCUT2D eigenvalue weighted by molar-refractivity contribution is 0.0951. The predicted octanol–water partition coefficient (Wildman–Crippen LogP) is 1.97. The van der Waals surface area contributed by atoms with Crippen molar-refractivity contribution < 1.29 is 4.79 Å². The maximum Gasteiger partial charge on any atom is 0.262 e. The van der Waals surface area contributed by atoms with E-state index in [1.54, 1.807) is 18.2 Å². The molecule has 2 N–H and O–H groups in total. The molecule has 1 fully saturated rings. The lowest BCUT2D eigenvalue weighted by atomic mass is 10.1. The SMILES string of the molecule is CCn1c(=S)[nH]c2cc(C(=O)NC3CC3)ccc2c1=O. The van der Waals surface area contributed by atoms with E-state index in [1.807, 2.05) is 6.92 Å². The molecule has 1 aromatic heterocycles. The molecule has 104 valence electrons. The van der Waals surface area contributed by atoms with Crippen molar-refractivity contribution in [1.29, 1.82) is 0 Å². The highest BCUT2D eigenvalue weighted by Gasteiger charge is 2.23. The van der Waals surface area contributed by atoms with Crippen LogP contribution in [-0.4, -0.2) is 21.5 Å². The van der Waals surface area contributed by atoms with E-state index in [-0.39, 0.29) is 11.5 Å². The van der Waals surface area contributed by atoms with Gasteiger partial charge in [0.25, 0.3) is 11.5 Å². The van der Waals surface area contributed by atoms with Crippen LogP contribution < -0.4 is 10.9 Å². The van der Waals surface area contributed by atoms with E-state index in [0.717, 1.165) is 12.8 Å². The summed E-state index contributed by atoms with van der Waals surface area (Å²) in [5, 5.41) is 3.47. The maximum atomic E-state index is 12.2. The number of amides is 1. The Morgan fingerprint density at radius 1 is 1.50 bits per heavy atom. The quantitative estimate of drug-likeness (QED) is 0.849. The molecule has 2 aromatic rings. The Morgan fingerprint density at radius 2 is 2.25 bits per heavy atom. The van der Waals surface area contributed by atoms with Gasteiger partial charge in [-0.2, -0.15) is 0 Å². The highest BCUT2D eigenvalue weighted by atomic mass is 32.1. The van der Waals surface area contributed by atoms with Gasteiger partial charge in [0.2, 0.25) is 0 Å². The van der Waals surface area contributed by atoms with E-state index >= 15 is 0 Å². The normalized spacial score (nSPS) is 14.4. The maximum absolute atomic E-state index is 12.2. The van der Waals surface area contributed by atoms with E-state index in [0.29, 0.717) is 33.8 Å². The summed E-state index contributed by atoms with van der Waals surface area (Å²) < 4.78 is 1.88. The Bertz CT molecular complexity index is 802. The van der Waals surface area contributed by atoms with Crippen LogP contribution in [-0.2, 0) is 6.54 Å². The summed E-state index contributed by atoms with van der Waals surface area (Å²) >= 11 is 5.16. The van der Waals surface area contributed by atoms with Crippen LogP contribution in [0.15, 0.2) is 23.0 Å². The second-order valence-electron chi connectivity index (χ2n) is 4.99. The first kappa shape index (κ1) is 13.1. The first-order chi connectivity index (χ1) is 9.60. The minimum atomic E-state index is -0.125. The molecule has 0 bridgehead atoms. The summed E-state index contributed by atoms with van der Waals surface area (Å²) in [7, 11) is 0. The van der Waals surface area contributed by atoms with Crippen LogP contribution in [0.1, 0.15) is 30.1 Å². The lowest BCUT2D eigenvalue weighted by Crippen LogP contribution is -2.26. The first-order valence-electron chi connectivity index (χ1n) is 6.68. The van der Waals surface area contributed by atoms with E-state index in [1.165, 1.54) is 4.57 Å². The van der Waals surface area contributed by atoms with Gasteiger partial charge in [-0.15, -0.1) is 0 Å². The molecule has 0 spiro atoms. The molecule has 1 heterocycles. The van der Waals surface area contributed by atoms with E-state index in [9.17, 15) is 9.59 Å². The molecular weight excluding hydrogens is 274 g/mol. The van der Waals surface area contributed by atoms with Gasteiger partial charge in [-0.1, -0.05) is 0 Å². The monoisotopic (exact) mass is 289 g/mol. The topological polar surface area (TPSA) is 66.9 Å². The summed E-state index contributed by atoms with van der Waals surface area (Å²) in [5.74, 6) is -0.103. The fourth-order valence-corrected chi connectivity index (χ4v) is 2.50. The summed E-state index contributed by atoms with van der Waals surface area (Å²) in [5.41, 5.74) is 1.03. The second kappa shape index (κ2) is 4.86. The van der Waals surface area contributed by atoms with Gasteiger partial charge in [-0.25, -0.2) is 0 Å². The number of nitrogens with one attached hydrogen (secondary N) is 2. The molecule has 0 aliphatic heterocycles. The number of rotatable bonds is 3. The molecule has 5 nitrogen and oxygen atoms in total. The zero-order valence-electron chi connectivity index (χ0n) is 11.1. The fourth-order valence-electron chi connectivity index (χ4n) is 2.18. The van der Waals surface area contributed by atoms with Crippen LogP contribution in [0.4, 0.5) is 0 Å². The Morgan fingerprint density at radius 3 is 2.90 bits per heavy atom. The van der Waals surface area contributed by atoms with Crippen molar-refractivity contribution in [3.05, 3.63) is 38.9 Å². The van der Waals surface area contributed by atoms with Crippen molar-refractivity contribution in [2.45, 2.75) is 32.4 Å². The number of hydrogen-bond acceptors (Lipinski definition) is 3. The van der Waals surface area contributed by atoms with Gasteiger partial charge in [0.1, 0.15) is 0 Å². The number of aromatic amines is 1. The van der Waals surface area contributed by atoms with Gasteiger partial charge in [0, 0.05) is 18.2 Å². The highest BCUT2D eigenvalue weighted by Crippen LogP contribution is 2.20. The number of carbonyl (C=O) groups is 1. The van der Waals surface area contributed by atoms with Crippen molar-refractivity contribution in [3.8, 4) is 0 Å². The molecule has 20 heavy (non-hydrogen) atoms. The van der Waals surface area contributed by atoms with E-state index in [4.69, 9.17) is 12.2 Å². The molecule has 0 saturated heterocycles. The second-order valence-corrected chi connectivity index (χ2v) is 5.37. The Hall–Kier alpha value is -1.95. The smallest absolute Gasteiger partial charge is 0.262 e. The molecule has 0 radical (unpaired) electrons. The zero-order valence-corrected chi connectivity index (χ0v) is 11.9. The number of hydrogen-bond donors (Lipinski definition) is 2. The minimum Gasteiger partial charge on any atom is -0.349 e. The number of carbonyl (C=O) groups excluding carboxylic acids is 1. The predicted molar refractivity (Wildman–Crippen MR) is 79.6 cm³/mol. The third kappa shape index (κ3) is 2.27. The van der Waals surface area contributed by atoms with Crippen molar-refractivity contribution in [2.75, 3.05) is 0 Å². The molecule has 1 saturated carbocycles. The molecule has 6 heteroatoms. The summed E-state index contributed by atoms with van der Waals surface area (Å²) in [6.45, 7) is 2.39. The summed E-state index contributed by atoms with van der Waals surface area (Å²) in [6, 6.07) is 5.35. The molecule has 1 amide bonds. The van der Waals surface area contributed by atoms with Crippen LogP contribution in [0, 0.1) is 4.77 Å². The van der Waals surface area contributed by atoms with Crippen LogP contribution in [0.5, 0.6) is 0 Å². The molecule has 0 atom stereocenters. The average molecular weight is 289 g/mol. The molecular formula is C14H15N3O2S. The highest BCUT2D eigenvalue weighted by molar-refractivity contribution is 7.71. The molecule has 1 aliphatic carbocycles. The number of nitrogens with zero attached hydrogens (tertiary/aromatic N) is 1. The summed E-state index contributed by atoms with van der Waals surface area (Å²) in [6.07, 6.45) is 2.09. The standard InChI is InChI=1S/C14H15N3O2S/c1-2-17-13(19)10-6-3-8(7-11(10)16-14(17)20)12(18)15-9-4-5-9/h3,6-7,9H,2,4-5H2,1H3,(H,15,18)(H,16,20). The number of benzene rings is 1. The van der Waals surface area contributed by atoms with Crippen LogP contribution >= 0.6 is 12.2 Å². The third-order valence-electron chi connectivity index (χ3n) is 3.47. The van der Waals surface area contributed by atoms with Gasteiger partial charge < -0.3 is 10.3 Å². The lowest BCUT2D eigenvalue weighted by Gasteiger charge is -2.07. The Kier molecular flexibility index (Phi) is 3.17. The van der Waals surface area contributed by atoms with Gasteiger partial charge in [-0.3, -0.25) is 14.2 Å². The Balaban J connectivity index is 2.09. The average Bonchev–Trinajstić information content (AvgIpc) is 3.22. The van der Waals surface area contributed by atoms with Crippen molar-refractivity contribution in [1.82, 2.24) is 14.9 Å². The van der Waals surface area contributed by atoms with E-state index in [2.05, 4.69) is 10.3 Å². The van der Waals surface area contributed by atoms with Gasteiger partial charge in [-0.05, 0) is 50.2 Å². The summed E-state index contributed by atoms with van der Waals surface area (Å²) in [4.78, 5) is 27.2. The minimum absolute atomic E-state index is 0.103. The number of fused-ring (bicyclic) bond motifs is 1. The largest absolute Gasteiger partial charge is 0.349 e. The van der Waals surface area contributed by atoms with Gasteiger partial charge in [0.15, 0.2) is 4.77 Å². The first-order valence-corrected chi connectivity index (χ1v) is 7.08. The Labute approximate surface area is 120 Å². The zero-order chi connectivity index (χ0) is 14.3. The fraction of sp³-hybridized carbons (Fsp3) is 0.357. The van der Waals surface area contributed by atoms with Gasteiger partial charge in [0.05, 0.1) is 10.9 Å². The van der Waals surface area contributed by atoms with E-state index < -0.39 is 0 Å². The third-order valence-corrected chi connectivity index (χ3v) is 3.80. The molecule has 1 aliphatic rings. The number of H-pyrrole nitrogens is 1. The molecule has 1 aromatic carbocycles. The van der Waals surface area contributed by atoms with Gasteiger partial charge >= 0.3 is 0 Å². The van der Waals surface area contributed by atoms with Crippen LogP contribution in [0.25, 0.3) is 10.9 Å². The van der Waals surface area contributed by atoms with Crippen molar-refractivity contribution in [3.63, 3.8) is 0 Å². The van der Waals surface area contributed by atoms with Crippen LogP contribution in [0.2, 0.25) is 0 Å². The number of aromatic nitrogens is 2. The van der Waals surface area contributed by atoms with Crippen molar-refractivity contribution >= 4 is 29.0 Å².